The fourth-order valence-electron chi connectivity index (χ4n) is 3.11. The largest absolute Gasteiger partial charge is 0.497 e. The zero-order valence-electron chi connectivity index (χ0n) is 15.9. The van der Waals surface area contributed by atoms with E-state index in [1.54, 1.807) is 31.4 Å². The Kier molecular flexibility index (Phi) is 7.54. The van der Waals surface area contributed by atoms with Gasteiger partial charge in [-0.25, -0.2) is 0 Å². The van der Waals surface area contributed by atoms with Gasteiger partial charge in [0.05, 0.1) is 26.4 Å². The molecule has 28 heavy (non-hydrogen) atoms. The highest BCUT2D eigenvalue weighted by Gasteiger charge is 2.23. The predicted molar refractivity (Wildman–Crippen MR) is 108 cm³/mol. The number of rotatable bonds is 8. The van der Waals surface area contributed by atoms with Crippen LogP contribution < -0.4 is 14.8 Å². The molecule has 7 heteroatoms. The average Bonchev–Trinajstić information content (AvgIpc) is 2.74. The minimum absolute atomic E-state index is 0.0416. The van der Waals surface area contributed by atoms with Gasteiger partial charge < -0.3 is 19.5 Å². The summed E-state index contributed by atoms with van der Waals surface area (Å²) in [4.78, 5) is 14.6. The van der Waals surface area contributed by atoms with Crippen LogP contribution >= 0.6 is 11.6 Å². The lowest BCUT2D eigenvalue weighted by Crippen LogP contribution is -2.44. The fourth-order valence-corrected chi connectivity index (χ4v) is 3.24. The van der Waals surface area contributed by atoms with Gasteiger partial charge in [-0.2, -0.15) is 0 Å². The number of hydrogen-bond donors (Lipinski definition) is 1. The monoisotopic (exact) mass is 404 g/mol. The van der Waals surface area contributed by atoms with Crippen molar-refractivity contribution in [3.8, 4) is 11.5 Å². The van der Waals surface area contributed by atoms with Gasteiger partial charge in [0, 0.05) is 24.7 Å². The normalized spacial score (nSPS) is 15.6. The van der Waals surface area contributed by atoms with Crippen molar-refractivity contribution in [1.82, 2.24) is 10.2 Å². The Morgan fingerprint density at radius 2 is 1.75 bits per heavy atom. The van der Waals surface area contributed by atoms with E-state index in [-0.39, 0.29) is 18.6 Å². The van der Waals surface area contributed by atoms with E-state index < -0.39 is 0 Å². The SMILES string of the molecule is COc1ccc(C(CNC(=O)COc2ccc(Cl)cc2)N2CCOCC2)cc1. The van der Waals surface area contributed by atoms with E-state index in [1.807, 2.05) is 24.3 Å². The number of carbonyl (C=O) groups is 1. The van der Waals surface area contributed by atoms with Crippen LogP contribution in [-0.4, -0.2) is 57.4 Å². The minimum atomic E-state index is -0.165. The first-order valence-electron chi connectivity index (χ1n) is 9.26. The van der Waals surface area contributed by atoms with Crippen LogP contribution in [0.5, 0.6) is 11.5 Å². The van der Waals surface area contributed by atoms with E-state index in [4.69, 9.17) is 25.8 Å². The number of morpholine rings is 1. The maximum atomic E-state index is 12.3. The third kappa shape index (κ3) is 5.86. The molecule has 1 aliphatic heterocycles. The van der Waals surface area contributed by atoms with Crippen molar-refractivity contribution >= 4 is 17.5 Å². The molecule has 1 atom stereocenters. The number of nitrogens with one attached hydrogen (secondary N) is 1. The summed E-state index contributed by atoms with van der Waals surface area (Å²) in [5, 5.41) is 3.61. The van der Waals surface area contributed by atoms with Crippen LogP contribution in [0.4, 0.5) is 0 Å². The summed E-state index contributed by atoms with van der Waals surface area (Å²) >= 11 is 5.85. The topological polar surface area (TPSA) is 60.0 Å². The number of halogens is 1. The summed E-state index contributed by atoms with van der Waals surface area (Å²) in [6.45, 7) is 3.50. The quantitative estimate of drug-likeness (QED) is 0.733. The number of methoxy groups -OCH3 is 1. The summed E-state index contributed by atoms with van der Waals surface area (Å²) in [5.41, 5.74) is 1.13. The molecule has 150 valence electrons. The Hall–Kier alpha value is -2.28. The van der Waals surface area contributed by atoms with Crippen molar-refractivity contribution < 1.29 is 19.0 Å². The van der Waals surface area contributed by atoms with E-state index in [2.05, 4.69) is 10.2 Å². The summed E-state index contributed by atoms with van der Waals surface area (Å²) in [7, 11) is 1.65. The van der Waals surface area contributed by atoms with Gasteiger partial charge >= 0.3 is 0 Å². The summed E-state index contributed by atoms with van der Waals surface area (Å²) in [5.74, 6) is 1.26. The van der Waals surface area contributed by atoms with Gasteiger partial charge in [-0.3, -0.25) is 9.69 Å². The molecule has 2 aromatic carbocycles. The number of nitrogens with zero attached hydrogens (tertiary/aromatic N) is 1. The second kappa shape index (κ2) is 10.3. The molecule has 1 N–H and O–H groups in total. The van der Waals surface area contributed by atoms with Gasteiger partial charge in [-0.15, -0.1) is 0 Å². The van der Waals surface area contributed by atoms with Crippen LogP contribution in [0.25, 0.3) is 0 Å². The molecule has 1 unspecified atom stereocenters. The lowest BCUT2D eigenvalue weighted by Gasteiger charge is -2.35. The van der Waals surface area contributed by atoms with Crippen molar-refractivity contribution in [2.24, 2.45) is 0 Å². The molecule has 0 saturated carbocycles. The fraction of sp³-hybridized carbons (Fsp3) is 0.381. The van der Waals surface area contributed by atoms with E-state index in [9.17, 15) is 4.79 Å². The second-order valence-electron chi connectivity index (χ2n) is 6.48. The van der Waals surface area contributed by atoms with Gasteiger partial charge in [0.25, 0.3) is 5.91 Å². The molecule has 2 aromatic rings. The molecule has 1 heterocycles. The number of hydrogen-bond acceptors (Lipinski definition) is 5. The lowest BCUT2D eigenvalue weighted by molar-refractivity contribution is -0.123. The standard InChI is InChI=1S/C21H25ClN2O4/c1-26-18-6-2-16(3-7-18)20(24-10-12-27-13-11-24)14-23-21(25)15-28-19-8-4-17(22)5-9-19/h2-9,20H,10-15H2,1H3,(H,23,25). The van der Waals surface area contributed by atoms with Gasteiger partial charge in [-0.1, -0.05) is 23.7 Å². The van der Waals surface area contributed by atoms with Crippen LogP contribution in [0.1, 0.15) is 11.6 Å². The van der Waals surface area contributed by atoms with E-state index in [1.165, 1.54) is 0 Å². The zero-order valence-corrected chi connectivity index (χ0v) is 16.7. The molecular weight excluding hydrogens is 380 g/mol. The molecule has 0 radical (unpaired) electrons. The molecule has 6 nitrogen and oxygen atoms in total. The summed E-state index contributed by atoms with van der Waals surface area (Å²) in [6.07, 6.45) is 0. The number of ether oxygens (including phenoxy) is 3. The minimum Gasteiger partial charge on any atom is -0.497 e. The molecular formula is C21H25ClN2O4. The zero-order chi connectivity index (χ0) is 19.8. The maximum Gasteiger partial charge on any atom is 0.258 e. The highest BCUT2D eigenvalue weighted by molar-refractivity contribution is 6.30. The molecule has 0 aromatic heterocycles. The van der Waals surface area contributed by atoms with Crippen LogP contribution in [0, 0.1) is 0 Å². The molecule has 1 fully saturated rings. The summed E-state index contributed by atoms with van der Waals surface area (Å²) in [6, 6.07) is 15.0. The van der Waals surface area contributed by atoms with Crippen LogP contribution in [0.15, 0.2) is 48.5 Å². The molecule has 0 bridgehead atoms. The Balaban J connectivity index is 1.58. The Morgan fingerprint density at radius 3 is 2.39 bits per heavy atom. The predicted octanol–water partition coefficient (Wildman–Crippen LogP) is 2.92. The highest BCUT2D eigenvalue weighted by Crippen LogP contribution is 2.23. The molecule has 0 spiro atoms. The molecule has 1 saturated heterocycles. The van der Waals surface area contributed by atoms with E-state index >= 15 is 0 Å². The van der Waals surface area contributed by atoms with Crippen molar-refractivity contribution in [1.29, 1.82) is 0 Å². The van der Waals surface area contributed by atoms with Gasteiger partial charge in [0.1, 0.15) is 11.5 Å². The Bertz CT molecular complexity index is 746. The number of amides is 1. The van der Waals surface area contributed by atoms with Crippen molar-refractivity contribution in [2.75, 3.05) is 46.6 Å². The lowest BCUT2D eigenvalue weighted by atomic mass is 10.0. The Labute approximate surface area is 170 Å². The smallest absolute Gasteiger partial charge is 0.258 e. The van der Waals surface area contributed by atoms with Crippen LogP contribution in [0.3, 0.4) is 0 Å². The maximum absolute atomic E-state index is 12.3. The van der Waals surface area contributed by atoms with Gasteiger partial charge in [0.15, 0.2) is 6.61 Å². The third-order valence-electron chi connectivity index (χ3n) is 4.66. The molecule has 1 aliphatic rings. The first-order chi connectivity index (χ1) is 13.7. The van der Waals surface area contributed by atoms with Crippen molar-refractivity contribution in [3.63, 3.8) is 0 Å². The average molecular weight is 405 g/mol. The highest BCUT2D eigenvalue weighted by atomic mass is 35.5. The van der Waals surface area contributed by atoms with Crippen molar-refractivity contribution in [3.05, 3.63) is 59.1 Å². The second-order valence-corrected chi connectivity index (χ2v) is 6.92. The van der Waals surface area contributed by atoms with E-state index in [0.29, 0.717) is 30.5 Å². The molecule has 0 aliphatic carbocycles. The van der Waals surface area contributed by atoms with Crippen molar-refractivity contribution in [2.45, 2.75) is 6.04 Å². The Morgan fingerprint density at radius 1 is 1.11 bits per heavy atom. The van der Waals surface area contributed by atoms with Crippen LogP contribution in [-0.2, 0) is 9.53 Å². The van der Waals surface area contributed by atoms with Crippen LogP contribution in [0.2, 0.25) is 5.02 Å². The van der Waals surface area contributed by atoms with E-state index in [0.717, 1.165) is 24.4 Å². The third-order valence-corrected chi connectivity index (χ3v) is 4.92. The first-order valence-corrected chi connectivity index (χ1v) is 9.64. The van der Waals surface area contributed by atoms with Gasteiger partial charge in [-0.05, 0) is 42.0 Å². The first kappa shape index (κ1) is 20.5. The number of benzene rings is 2. The number of carbonyl (C=O) groups excluding carboxylic acids is 1. The molecule has 1 amide bonds. The molecule has 3 rings (SSSR count). The summed E-state index contributed by atoms with van der Waals surface area (Å²) < 4.78 is 16.2. The van der Waals surface area contributed by atoms with Gasteiger partial charge in [0.2, 0.25) is 0 Å².